The van der Waals surface area contributed by atoms with Crippen LogP contribution in [0.4, 0.5) is 0 Å². The van der Waals surface area contributed by atoms with Crippen molar-refractivity contribution in [2.24, 2.45) is 0 Å². The molecule has 1 aromatic carbocycles. The first-order valence-electron chi connectivity index (χ1n) is 6.76. The van der Waals surface area contributed by atoms with Crippen molar-refractivity contribution in [1.82, 2.24) is 5.32 Å². The molecule has 1 saturated carbocycles. The fraction of sp³-hybridized carbons (Fsp3) is 0.533. The van der Waals surface area contributed by atoms with Crippen molar-refractivity contribution in [3.63, 3.8) is 0 Å². The second kappa shape index (κ2) is 6.78. The molecule has 0 spiro atoms. The van der Waals surface area contributed by atoms with Crippen molar-refractivity contribution in [2.45, 2.75) is 48.3 Å². The summed E-state index contributed by atoms with van der Waals surface area (Å²) in [5.74, 6) is 0. The van der Waals surface area contributed by atoms with Crippen molar-refractivity contribution < 1.29 is 0 Å². The van der Waals surface area contributed by atoms with E-state index in [0.717, 1.165) is 36.7 Å². The Balaban J connectivity index is 1.94. The minimum absolute atomic E-state index is 0.289. The van der Waals surface area contributed by atoms with Gasteiger partial charge in [0.1, 0.15) is 5.54 Å². The van der Waals surface area contributed by atoms with Crippen LogP contribution >= 0.6 is 27.7 Å². The number of rotatable bonds is 5. The van der Waals surface area contributed by atoms with Gasteiger partial charge in [0, 0.05) is 14.6 Å². The predicted octanol–water partition coefficient (Wildman–Crippen LogP) is 4.36. The van der Waals surface area contributed by atoms with Gasteiger partial charge in [0.25, 0.3) is 0 Å². The summed E-state index contributed by atoms with van der Waals surface area (Å²) in [4.78, 5) is 1.29. The molecule has 0 heterocycles. The van der Waals surface area contributed by atoms with Gasteiger partial charge in [-0.05, 0) is 56.5 Å². The molecular formula is C15H19BrN2S. The van der Waals surface area contributed by atoms with Crippen LogP contribution < -0.4 is 5.32 Å². The lowest BCUT2D eigenvalue weighted by atomic mass is 10.00. The highest BCUT2D eigenvalue weighted by Crippen LogP contribution is 2.40. The molecule has 1 fully saturated rings. The minimum atomic E-state index is -0.289. The second-order valence-corrected chi connectivity index (χ2v) is 7.35. The molecule has 2 rings (SSSR count). The summed E-state index contributed by atoms with van der Waals surface area (Å²) in [6.45, 7) is 3.07. The number of nitriles is 1. The van der Waals surface area contributed by atoms with Crippen molar-refractivity contribution >= 4 is 27.7 Å². The average molecular weight is 339 g/mol. The maximum absolute atomic E-state index is 9.44. The van der Waals surface area contributed by atoms with E-state index in [-0.39, 0.29) is 5.54 Å². The summed E-state index contributed by atoms with van der Waals surface area (Å²) in [5.41, 5.74) is -0.289. The normalized spacial score (nSPS) is 26.3. The molecule has 19 heavy (non-hydrogen) atoms. The number of hydrogen-bond donors (Lipinski definition) is 1. The molecule has 1 aliphatic rings. The number of hydrogen-bond acceptors (Lipinski definition) is 3. The third-order valence-electron chi connectivity index (χ3n) is 3.51. The van der Waals surface area contributed by atoms with Gasteiger partial charge in [-0.15, -0.1) is 11.8 Å². The van der Waals surface area contributed by atoms with Gasteiger partial charge in [0.05, 0.1) is 6.07 Å². The van der Waals surface area contributed by atoms with E-state index in [4.69, 9.17) is 0 Å². The van der Waals surface area contributed by atoms with Crippen molar-refractivity contribution in [3.05, 3.63) is 28.7 Å². The maximum atomic E-state index is 9.44. The monoisotopic (exact) mass is 338 g/mol. The highest BCUT2D eigenvalue weighted by molar-refractivity contribution is 9.10. The van der Waals surface area contributed by atoms with Crippen LogP contribution in [-0.4, -0.2) is 17.3 Å². The van der Waals surface area contributed by atoms with E-state index in [1.807, 2.05) is 11.8 Å². The van der Waals surface area contributed by atoms with E-state index in [0.29, 0.717) is 5.25 Å². The van der Waals surface area contributed by atoms with Crippen molar-refractivity contribution in [1.29, 1.82) is 5.26 Å². The van der Waals surface area contributed by atoms with Gasteiger partial charge in [-0.1, -0.05) is 22.9 Å². The van der Waals surface area contributed by atoms with Crippen molar-refractivity contribution in [3.8, 4) is 6.07 Å². The fourth-order valence-electron chi connectivity index (χ4n) is 2.47. The Morgan fingerprint density at radius 1 is 1.47 bits per heavy atom. The Hall–Kier alpha value is -0.500. The second-order valence-electron chi connectivity index (χ2n) is 5.06. The highest BCUT2D eigenvalue weighted by Gasteiger charge is 2.39. The first kappa shape index (κ1) is 14.9. The Bertz CT molecular complexity index is 454. The molecule has 2 nitrogen and oxygen atoms in total. The van der Waals surface area contributed by atoms with Gasteiger partial charge in [0.15, 0.2) is 0 Å². The zero-order valence-corrected chi connectivity index (χ0v) is 13.6. The topological polar surface area (TPSA) is 35.8 Å². The zero-order chi connectivity index (χ0) is 13.7. The van der Waals surface area contributed by atoms with Gasteiger partial charge in [-0.2, -0.15) is 5.26 Å². The SMILES string of the molecule is CCCNC1(C#N)CCC(Sc2ccc(Br)cc2)C1. The Kier molecular flexibility index (Phi) is 5.32. The largest absolute Gasteiger partial charge is 0.299 e. The summed E-state index contributed by atoms with van der Waals surface area (Å²) >= 11 is 5.35. The molecule has 0 aliphatic heterocycles. The lowest BCUT2D eigenvalue weighted by molar-refractivity contribution is 0.424. The number of nitrogens with zero attached hydrogens (tertiary/aromatic N) is 1. The minimum Gasteiger partial charge on any atom is -0.299 e. The van der Waals surface area contributed by atoms with E-state index in [1.165, 1.54) is 4.90 Å². The van der Waals surface area contributed by atoms with Crippen LogP contribution in [0.25, 0.3) is 0 Å². The average Bonchev–Trinajstić information content (AvgIpc) is 2.83. The summed E-state index contributed by atoms with van der Waals surface area (Å²) in [5, 5.41) is 13.4. The molecule has 1 aromatic rings. The first-order chi connectivity index (χ1) is 9.17. The first-order valence-corrected chi connectivity index (χ1v) is 8.43. The van der Waals surface area contributed by atoms with Crippen LogP contribution in [0.15, 0.2) is 33.6 Å². The Morgan fingerprint density at radius 2 is 2.21 bits per heavy atom. The van der Waals surface area contributed by atoms with Crippen LogP contribution in [0, 0.1) is 11.3 Å². The van der Waals surface area contributed by atoms with E-state index < -0.39 is 0 Å². The molecule has 0 bridgehead atoms. The zero-order valence-electron chi connectivity index (χ0n) is 11.2. The molecule has 1 N–H and O–H groups in total. The quantitative estimate of drug-likeness (QED) is 0.866. The highest BCUT2D eigenvalue weighted by atomic mass is 79.9. The van der Waals surface area contributed by atoms with E-state index in [2.05, 4.69) is 58.5 Å². The Labute approximate surface area is 128 Å². The summed E-state index contributed by atoms with van der Waals surface area (Å²) in [6.07, 6.45) is 4.11. The molecular weight excluding hydrogens is 320 g/mol. The standard InChI is InChI=1S/C15H19BrN2S/c1-2-9-18-15(11-17)8-7-14(10-15)19-13-5-3-12(16)4-6-13/h3-6,14,18H,2,7-10H2,1H3. The van der Waals surface area contributed by atoms with Gasteiger partial charge in [-0.3, -0.25) is 5.32 Å². The van der Waals surface area contributed by atoms with Crippen LogP contribution in [0.5, 0.6) is 0 Å². The molecule has 0 aromatic heterocycles. The molecule has 4 heteroatoms. The van der Waals surface area contributed by atoms with Gasteiger partial charge < -0.3 is 0 Å². The predicted molar refractivity (Wildman–Crippen MR) is 84.3 cm³/mol. The molecule has 0 radical (unpaired) electrons. The summed E-state index contributed by atoms with van der Waals surface area (Å²) < 4.78 is 1.11. The third kappa shape index (κ3) is 3.98. The van der Waals surface area contributed by atoms with Crippen LogP contribution in [0.1, 0.15) is 32.6 Å². The van der Waals surface area contributed by atoms with E-state index in [9.17, 15) is 5.26 Å². The number of nitrogens with one attached hydrogen (secondary N) is 1. The fourth-order valence-corrected chi connectivity index (χ4v) is 4.02. The molecule has 1 aliphatic carbocycles. The van der Waals surface area contributed by atoms with Gasteiger partial charge >= 0.3 is 0 Å². The van der Waals surface area contributed by atoms with E-state index in [1.54, 1.807) is 0 Å². The summed E-state index contributed by atoms with van der Waals surface area (Å²) in [7, 11) is 0. The molecule has 2 atom stereocenters. The van der Waals surface area contributed by atoms with Gasteiger partial charge in [0.2, 0.25) is 0 Å². The maximum Gasteiger partial charge on any atom is 0.107 e. The lowest BCUT2D eigenvalue weighted by Gasteiger charge is -2.22. The third-order valence-corrected chi connectivity index (χ3v) is 5.32. The lowest BCUT2D eigenvalue weighted by Crippen LogP contribution is -2.42. The molecule has 2 unspecified atom stereocenters. The van der Waals surface area contributed by atoms with Crippen molar-refractivity contribution in [2.75, 3.05) is 6.54 Å². The molecule has 102 valence electrons. The molecule has 0 saturated heterocycles. The van der Waals surface area contributed by atoms with Crippen LogP contribution in [0.3, 0.4) is 0 Å². The van der Waals surface area contributed by atoms with Crippen LogP contribution in [0.2, 0.25) is 0 Å². The molecule has 0 amide bonds. The number of thioether (sulfide) groups is 1. The summed E-state index contributed by atoms with van der Waals surface area (Å²) in [6, 6.07) is 10.9. The number of benzene rings is 1. The smallest absolute Gasteiger partial charge is 0.107 e. The number of halogens is 1. The van der Waals surface area contributed by atoms with E-state index >= 15 is 0 Å². The van der Waals surface area contributed by atoms with Gasteiger partial charge in [-0.25, -0.2) is 0 Å². The van der Waals surface area contributed by atoms with Crippen LogP contribution in [-0.2, 0) is 0 Å². The Morgan fingerprint density at radius 3 is 2.84 bits per heavy atom.